The Morgan fingerprint density at radius 2 is 2.26 bits per heavy atom. The third-order valence-corrected chi connectivity index (χ3v) is 5.06. The van der Waals surface area contributed by atoms with Crippen molar-refractivity contribution in [3.63, 3.8) is 0 Å². The van der Waals surface area contributed by atoms with Gasteiger partial charge in [-0.05, 0) is 24.3 Å². The Morgan fingerprint density at radius 1 is 1.58 bits per heavy atom. The number of rotatable bonds is 7. The Hall–Kier alpha value is -0.960. The first-order chi connectivity index (χ1) is 8.92. The van der Waals surface area contributed by atoms with Gasteiger partial charge in [-0.2, -0.15) is 0 Å². The van der Waals surface area contributed by atoms with Crippen molar-refractivity contribution in [1.29, 1.82) is 0 Å². The summed E-state index contributed by atoms with van der Waals surface area (Å²) in [5.74, 6) is -0.677. The third-order valence-electron chi connectivity index (χ3n) is 2.53. The Bertz CT molecular complexity index is 523. The van der Waals surface area contributed by atoms with Crippen molar-refractivity contribution >= 4 is 27.3 Å². The second-order valence-corrected chi connectivity index (χ2v) is 6.51. The lowest BCUT2D eigenvalue weighted by atomic mass is 10.2. The lowest BCUT2D eigenvalue weighted by Crippen LogP contribution is -2.28. The summed E-state index contributed by atoms with van der Waals surface area (Å²) in [6.45, 7) is 1.93. The number of sulfonamides is 1. The highest BCUT2D eigenvalue weighted by Gasteiger charge is 2.24. The predicted octanol–water partition coefficient (Wildman–Crippen LogP) is 0.974. The lowest BCUT2D eigenvalue weighted by molar-refractivity contribution is 0.0602. The van der Waals surface area contributed by atoms with Crippen LogP contribution in [-0.4, -0.2) is 39.3 Å². The number of carbonyl (C=O) groups is 1. The second-order valence-electron chi connectivity index (χ2n) is 3.85. The predicted molar refractivity (Wildman–Crippen MR) is 71.8 cm³/mol. The van der Waals surface area contributed by atoms with Crippen molar-refractivity contribution in [3.8, 4) is 0 Å². The summed E-state index contributed by atoms with van der Waals surface area (Å²) >= 11 is 1.01. The van der Waals surface area contributed by atoms with E-state index in [0.29, 0.717) is 12.8 Å². The molecule has 8 heteroatoms. The van der Waals surface area contributed by atoms with Gasteiger partial charge < -0.3 is 9.84 Å². The molecule has 0 aliphatic rings. The van der Waals surface area contributed by atoms with E-state index in [1.54, 1.807) is 0 Å². The number of ether oxygens (including phenoxy) is 1. The molecule has 19 heavy (non-hydrogen) atoms. The number of aliphatic hydroxyl groups excluding tert-OH is 1. The summed E-state index contributed by atoms with van der Waals surface area (Å²) in [6.07, 6.45) is 0.353. The van der Waals surface area contributed by atoms with Crippen LogP contribution in [0.3, 0.4) is 0 Å². The molecule has 1 rings (SSSR count). The van der Waals surface area contributed by atoms with Gasteiger partial charge in [-0.3, -0.25) is 0 Å². The highest BCUT2D eigenvalue weighted by molar-refractivity contribution is 7.89. The molecule has 0 fully saturated rings. The number of thiophene rings is 1. The quantitative estimate of drug-likeness (QED) is 0.732. The van der Waals surface area contributed by atoms with Gasteiger partial charge in [0.05, 0.1) is 13.2 Å². The zero-order valence-electron chi connectivity index (χ0n) is 10.8. The summed E-state index contributed by atoms with van der Waals surface area (Å²) < 4.78 is 30.9. The van der Waals surface area contributed by atoms with E-state index in [1.165, 1.54) is 18.6 Å². The average Bonchev–Trinajstić information content (AvgIpc) is 2.87. The second kappa shape index (κ2) is 6.99. The van der Waals surface area contributed by atoms with Crippen molar-refractivity contribution in [1.82, 2.24) is 4.72 Å². The summed E-state index contributed by atoms with van der Waals surface area (Å²) in [5.41, 5.74) is 0. The van der Waals surface area contributed by atoms with Crippen LogP contribution >= 0.6 is 11.3 Å². The van der Waals surface area contributed by atoms with Crippen LogP contribution in [0.15, 0.2) is 16.3 Å². The molecule has 6 nitrogen and oxygen atoms in total. The average molecular weight is 307 g/mol. The number of aliphatic hydroxyl groups is 1. The molecule has 1 unspecified atom stereocenters. The van der Waals surface area contributed by atoms with Crippen LogP contribution in [0.5, 0.6) is 0 Å². The first-order valence-corrected chi connectivity index (χ1v) is 8.12. The molecular formula is C11H17NO5S2. The lowest BCUT2D eigenvalue weighted by Gasteiger charge is -2.09. The molecule has 0 aliphatic heterocycles. The zero-order valence-corrected chi connectivity index (χ0v) is 12.4. The molecule has 1 aromatic rings. The van der Waals surface area contributed by atoms with E-state index in [9.17, 15) is 18.3 Å². The van der Waals surface area contributed by atoms with Crippen LogP contribution in [0.2, 0.25) is 0 Å². The van der Waals surface area contributed by atoms with Crippen LogP contribution in [-0.2, 0) is 14.8 Å². The van der Waals surface area contributed by atoms with Crippen LogP contribution in [0.1, 0.15) is 29.4 Å². The van der Waals surface area contributed by atoms with Gasteiger partial charge in [-0.15, -0.1) is 11.3 Å². The molecule has 0 aliphatic carbocycles. The van der Waals surface area contributed by atoms with Gasteiger partial charge in [0, 0.05) is 6.54 Å². The first-order valence-electron chi connectivity index (χ1n) is 5.76. The van der Waals surface area contributed by atoms with Crippen molar-refractivity contribution in [3.05, 3.63) is 16.3 Å². The van der Waals surface area contributed by atoms with E-state index in [0.717, 1.165) is 11.3 Å². The van der Waals surface area contributed by atoms with E-state index >= 15 is 0 Å². The number of hydrogen-bond acceptors (Lipinski definition) is 6. The number of nitrogens with one attached hydrogen (secondary N) is 1. The highest BCUT2D eigenvalue weighted by Crippen LogP contribution is 2.22. The molecular weight excluding hydrogens is 290 g/mol. The topological polar surface area (TPSA) is 92.7 Å². The van der Waals surface area contributed by atoms with Crippen molar-refractivity contribution < 1.29 is 23.1 Å². The van der Waals surface area contributed by atoms with Crippen molar-refractivity contribution in [2.45, 2.75) is 30.8 Å². The SMILES string of the molecule is CCC(O)CCNS(=O)(=O)c1ccsc1C(=O)OC. The normalized spacial score (nSPS) is 13.2. The number of carbonyl (C=O) groups excluding carboxylic acids is 1. The van der Waals surface area contributed by atoms with E-state index in [-0.39, 0.29) is 16.3 Å². The van der Waals surface area contributed by atoms with Crippen LogP contribution in [0, 0.1) is 0 Å². The summed E-state index contributed by atoms with van der Waals surface area (Å²) in [6, 6.07) is 1.36. The van der Waals surface area contributed by atoms with E-state index in [4.69, 9.17) is 0 Å². The fraction of sp³-hybridized carbons (Fsp3) is 0.545. The van der Waals surface area contributed by atoms with E-state index in [2.05, 4.69) is 9.46 Å². The Balaban J connectivity index is 2.78. The van der Waals surface area contributed by atoms with Crippen LogP contribution in [0.25, 0.3) is 0 Å². The highest BCUT2D eigenvalue weighted by atomic mass is 32.2. The Labute approximate surface area is 116 Å². The van der Waals surface area contributed by atoms with Gasteiger partial charge in [0.1, 0.15) is 9.77 Å². The molecule has 0 saturated heterocycles. The smallest absolute Gasteiger partial charge is 0.349 e. The summed E-state index contributed by atoms with van der Waals surface area (Å²) in [4.78, 5) is 11.4. The largest absolute Gasteiger partial charge is 0.465 e. The molecule has 0 radical (unpaired) electrons. The number of esters is 1. The van der Waals surface area contributed by atoms with Gasteiger partial charge in [0.15, 0.2) is 0 Å². The molecule has 1 aromatic heterocycles. The molecule has 0 aromatic carbocycles. The maximum atomic E-state index is 12.0. The molecule has 108 valence electrons. The maximum Gasteiger partial charge on any atom is 0.349 e. The monoisotopic (exact) mass is 307 g/mol. The number of methoxy groups -OCH3 is 1. The molecule has 0 spiro atoms. The van der Waals surface area contributed by atoms with Gasteiger partial charge in [-0.1, -0.05) is 6.92 Å². The number of hydrogen-bond donors (Lipinski definition) is 2. The van der Waals surface area contributed by atoms with Gasteiger partial charge in [0.25, 0.3) is 0 Å². The Kier molecular flexibility index (Phi) is 5.92. The third kappa shape index (κ3) is 4.27. The zero-order chi connectivity index (χ0) is 14.5. The molecule has 0 saturated carbocycles. The standard InChI is InChI=1S/C11H17NO5S2/c1-3-8(13)4-6-12-19(15,16)9-5-7-18-10(9)11(14)17-2/h5,7-8,12-13H,3-4,6H2,1-2H3. The van der Waals surface area contributed by atoms with Crippen LogP contribution in [0.4, 0.5) is 0 Å². The summed E-state index contributed by atoms with van der Waals surface area (Å²) in [5, 5.41) is 10.9. The van der Waals surface area contributed by atoms with Crippen molar-refractivity contribution in [2.75, 3.05) is 13.7 Å². The maximum absolute atomic E-state index is 12.0. The minimum atomic E-state index is -3.76. The van der Waals surface area contributed by atoms with E-state index < -0.39 is 22.1 Å². The van der Waals surface area contributed by atoms with Gasteiger partial charge in [0.2, 0.25) is 10.0 Å². The molecule has 0 bridgehead atoms. The van der Waals surface area contributed by atoms with Gasteiger partial charge >= 0.3 is 5.97 Å². The fourth-order valence-electron chi connectivity index (χ4n) is 1.39. The minimum absolute atomic E-state index is 0.0473. The summed E-state index contributed by atoms with van der Waals surface area (Å²) in [7, 11) is -2.56. The molecule has 1 heterocycles. The van der Waals surface area contributed by atoms with E-state index in [1.807, 2.05) is 6.92 Å². The van der Waals surface area contributed by atoms with Crippen LogP contribution < -0.4 is 4.72 Å². The fourth-order valence-corrected chi connectivity index (χ4v) is 3.77. The van der Waals surface area contributed by atoms with Crippen molar-refractivity contribution in [2.24, 2.45) is 0 Å². The minimum Gasteiger partial charge on any atom is -0.465 e. The molecule has 0 amide bonds. The Morgan fingerprint density at radius 3 is 2.84 bits per heavy atom. The molecule has 2 N–H and O–H groups in total. The first kappa shape index (κ1) is 16.1. The van der Waals surface area contributed by atoms with Gasteiger partial charge in [-0.25, -0.2) is 17.9 Å². The molecule has 1 atom stereocenters.